The molecule has 0 saturated heterocycles. The van der Waals surface area contributed by atoms with Gasteiger partial charge in [0.25, 0.3) is 0 Å². The molecule has 5 rings (SSSR count). The summed E-state index contributed by atoms with van der Waals surface area (Å²) in [5.41, 5.74) is 3.30. The number of hydrogen-bond donors (Lipinski definition) is 0. The van der Waals surface area contributed by atoms with Crippen LogP contribution >= 0.6 is 0 Å². The summed E-state index contributed by atoms with van der Waals surface area (Å²) in [4.78, 5) is 12.4. The molecule has 0 spiro atoms. The normalized spacial score (nSPS) is 18.5. The summed E-state index contributed by atoms with van der Waals surface area (Å²) in [6.07, 6.45) is 7.96. The molecular weight excluding hydrogens is 326 g/mol. The topological polar surface area (TPSA) is 64.7 Å². The Labute approximate surface area is 153 Å². The number of hydrogen-bond acceptors (Lipinski definition) is 5. The van der Waals surface area contributed by atoms with Crippen LogP contribution in [0.5, 0.6) is 0 Å². The Morgan fingerprint density at radius 3 is 2.77 bits per heavy atom. The molecule has 3 aromatic heterocycles. The molecule has 0 N–H and O–H groups in total. The van der Waals surface area contributed by atoms with E-state index in [1.54, 1.807) is 0 Å². The third-order valence-corrected chi connectivity index (χ3v) is 5.75. The van der Waals surface area contributed by atoms with E-state index < -0.39 is 0 Å². The molecule has 0 unspecified atom stereocenters. The summed E-state index contributed by atoms with van der Waals surface area (Å²) in [6, 6.07) is 2.19. The zero-order valence-electron chi connectivity index (χ0n) is 15.5. The molecule has 4 heterocycles. The van der Waals surface area contributed by atoms with Crippen LogP contribution in [0, 0.1) is 6.92 Å². The zero-order chi connectivity index (χ0) is 17.7. The van der Waals surface area contributed by atoms with E-state index >= 15 is 0 Å². The Hall–Kier alpha value is -2.44. The van der Waals surface area contributed by atoms with Gasteiger partial charge in [-0.3, -0.25) is 9.36 Å². The zero-order valence-corrected chi connectivity index (χ0v) is 15.5. The molecule has 0 radical (unpaired) electrons. The molecule has 1 aliphatic carbocycles. The van der Waals surface area contributed by atoms with Crippen LogP contribution in [0.25, 0.3) is 11.0 Å². The van der Waals surface area contributed by atoms with Crippen molar-refractivity contribution < 1.29 is 0 Å². The van der Waals surface area contributed by atoms with E-state index in [1.807, 2.05) is 17.9 Å². The first-order valence-electron chi connectivity index (χ1n) is 9.67. The minimum atomic E-state index is 0.493. The first-order chi connectivity index (χ1) is 12.7. The van der Waals surface area contributed by atoms with Gasteiger partial charge >= 0.3 is 0 Å². The van der Waals surface area contributed by atoms with E-state index in [4.69, 9.17) is 9.97 Å². The monoisotopic (exact) mass is 351 g/mol. The minimum absolute atomic E-state index is 0.493. The molecule has 0 amide bonds. The number of rotatable bonds is 2. The molecule has 1 aliphatic heterocycles. The SMILES string of the molecule is Cc1cc2n(n1)CCCN(c1nc(C3CCCC3)nc3c1cnn3C)C2. The van der Waals surface area contributed by atoms with Crippen molar-refractivity contribution >= 4 is 16.9 Å². The Morgan fingerprint density at radius 2 is 1.92 bits per heavy atom. The smallest absolute Gasteiger partial charge is 0.163 e. The van der Waals surface area contributed by atoms with Gasteiger partial charge in [0, 0.05) is 26.1 Å². The lowest BCUT2D eigenvalue weighted by Crippen LogP contribution is -2.24. The number of aryl methyl sites for hydroxylation is 3. The van der Waals surface area contributed by atoms with E-state index in [0.29, 0.717) is 5.92 Å². The summed E-state index contributed by atoms with van der Waals surface area (Å²) in [5, 5.41) is 10.1. The fourth-order valence-electron chi connectivity index (χ4n) is 4.42. The van der Waals surface area contributed by atoms with Crippen molar-refractivity contribution in [2.75, 3.05) is 11.4 Å². The van der Waals surface area contributed by atoms with Gasteiger partial charge in [-0.1, -0.05) is 12.8 Å². The molecule has 136 valence electrons. The average molecular weight is 351 g/mol. The molecule has 2 aliphatic rings. The maximum absolute atomic E-state index is 5.07. The third-order valence-electron chi connectivity index (χ3n) is 5.75. The number of anilines is 1. The average Bonchev–Trinajstić information content (AvgIpc) is 3.33. The minimum Gasteiger partial charge on any atom is -0.350 e. The second-order valence-corrected chi connectivity index (χ2v) is 7.67. The van der Waals surface area contributed by atoms with Crippen LogP contribution in [-0.2, 0) is 20.1 Å². The predicted octanol–water partition coefficient (Wildman–Crippen LogP) is 2.94. The molecule has 26 heavy (non-hydrogen) atoms. The van der Waals surface area contributed by atoms with Crippen molar-refractivity contribution in [1.29, 1.82) is 0 Å². The molecular formula is C19H25N7. The van der Waals surface area contributed by atoms with E-state index in [1.165, 1.54) is 31.4 Å². The highest BCUT2D eigenvalue weighted by Gasteiger charge is 2.25. The van der Waals surface area contributed by atoms with Crippen LogP contribution in [0.4, 0.5) is 5.82 Å². The highest BCUT2D eigenvalue weighted by atomic mass is 15.3. The molecule has 7 heteroatoms. The first kappa shape index (κ1) is 15.8. The molecule has 1 saturated carbocycles. The van der Waals surface area contributed by atoms with Gasteiger partial charge in [-0.05, 0) is 32.3 Å². The van der Waals surface area contributed by atoms with Gasteiger partial charge < -0.3 is 4.90 Å². The maximum Gasteiger partial charge on any atom is 0.163 e. The largest absolute Gasteiger partial charge is 0.350 e. The first-order valence-corrected chi connectivity index (χ1v) is 9.67. The maximum atomic E-state index is 5.07. The Balaban J connectivity index is 1.60. The lowest BCUT2D eigenvalue weighted by atomic mass is 10.1. The van der Waals surface area contributed by atoms with Crippen molar-refractivity contribution in [3.8, 4) is 0 Å². The summed E-state index contributed by atoms with van der Waals surface area (Å²) >= 11 is 0. The second-order valence-electron chi connectivity index (χ2n) is 7.67. The van der Waals surface area contributed by atoms with Gasteiger partial charge in [-0.25, -0.2) is 9.97 Å². The van der Waals surface area contributed by atoms with E-state index in [0.717, 1.165) is 54.4 Å². The van der Waals surface area contributed by atoms with Crippen molar-refractivity contribution in [1.82, 2.24) is 29.5 Å². The van der Waals surface area contributed by atoms with Gasteiger partial charge in [-0.15, -0.1) is 0 Å². The summed E-state index contributed by atoms with van der Waals surface area (Å²) in [7, 11) is 1.97. The molecule has 0 aromatic carbocycles. The third kappa shape index (κ3) is 2.57. The van der Waals surface area contributed by atoms with Crippen LogP contribution in [-0.4, -0.2) is 36.1 Å². The van der Waals surface area contributed by atoms with Gasteiger partial charge in [0.2, 0.25) is 0 Å². The number of aromatic nitrogens is 6. The lowest BCUT2D eigenvalue weighted by molar-refractivity contribution is 0.587. The van der Waals surface area contributed by atoms with Crippen molar-refractivity contribution in [2.45, 2.75) is 58.0 Å². The number of fused-ring (bicyclic) bond motifs is 2. The summed E-state index contributed by atoms with van der Waals surface area (Å²) < 4.78 is 4.03. The molecule has 3 aromatic rings. The Kier molecular flexibility index (Phi) is 3.69. The van der Waals surface area contributed by atoms with Gasteiger partial charge in [0.05, 0.1) is 29.5 Å². The van der Waals surface area contributed by atoms with Crippen LogP contribution < -0.4 is 4.90 Å². The number of nitrogens with zero attached hydrogens (tertiary/aromatic N) is 7. The highest BCUT2D eigenvalue weighted by Crippen LogP contribution is 2.35. The van der Waals surface area contributed by atoms with Crippen molar-refractivity contribution in [2.24, 2.45) is 7.05 Å². The lowest BCUT2D eigenvalue weighted by Gasteiger charge is -2.23. The molecule has 0 bridgehead atoms. The Morgan fingerprint density at radius 1 is 1.08 bits per heavy atom. The fraction of sp³-hybridized carbons (Fsp3) is 0.579. The van der Waals surface area contributed by atoms with Gasteiger partial charge in [0.1, 0.15) is 11.6 Å². The molecule has 7 nitrogen and oxygen atoms in total. The quantitative estimate of drug-likeness (QED) is 0.710. The van der Waals surface area contributed by atoms with E-state index in [-0.39, 0.29) is 0 Å². The van der Waals surface area contributed by atoms with Gasteiger partial charge in [0.15, 0.2) is 5.65 Å². The predicted molar refractivity (Wildman–Crippen MR) is 100 cm³/mol. The summed E-state index contributed by atoms with van der Waals surface area (Å²) in [6.45, 7) is 4.85. The fourth-order valence-corrected chi connectivity index (χ4v) is 4.42. The molecule has 0 atom stereocenters. The van der Waals surface area contributed by atoms with Crippen LogP contribution in [0.3, 0.4) is 0 Å². The Bertz CT molecular complexity index is 948. The highest BCUT2D eigenvalue weighted by molar-refractivity contribution is 5.87. The second kappa shape index (κ2) is 6.07. The standard InChI is InChI=1S/C19H25N7/c1-13-10-15-12-25(8-5-9-26(15)23-13)19-16-11-20-24(2)18(16)21-17(22-19)14-6-3-4-7-14/h10-11,14H,3-9,12H2,1-2H3. The van der Waals surface area contributed by atoms with E-state index in [2.05, 4.69) is 32.8 Å². The van der Waals surface area contributed by atoms with Crippen molar-refractivity contribution in [3.63, 3.8) is 0 Å². The van der Waals surface area contributed by atoms with Crippen molar-refractivity contribution in [3.05, 3.63) is 29.5 Å². The van der Waals surface area contributed by atoms with Crippen LogP contribution in [0.2, 0.25) is 0 Å². The summed E-state index contributed by atoms with van der Waals surface area (Å²) in [5.74, 6) is 2.53. The molecule has 1 fully saturated rings. The van der Waals surface area contributed by atoms with Crippen LogP contribution in [0.15, 0.2) is 12.3 Å². The van der Waals surface area contributed by atoms with E-state index in [9.17, 15) is 0 Å². The van der Waals surface area contributed by atoms with Crippen LogP contribution in [0.1, 0.15) is 55.2 Å². The van der Waals surface area contributed by atoms with Gasteiger partial charge in [-0.2, -0.15) is 10.2 Å².